The van der Waals surface area contributed by atoms with Gasteiger partial charge in [-0.25, -0.2) is 13.1 Å². The second-order valence-electron chi connectivity index (χ2n) is 5.67. The normalized spacial score (nSPS) is 13.9. The lowest BCUT2D eigenvalue weighted by Crippen LogP contribution is -2.42. The van der Waals surface area contributed by atoms with E-state index in [0.717, 1.165) is 10.9 Å². The molecule has 0 bridgehead atoms. The third-order valence-electron chi connectivity index (χ3n) is 2.77. The summed E-state index contributed by atoms with van der Waals surface area (Å²) in [5.41, 5.74) is 0. The maximum absolute atomic E-state index is 12.4. The highest BCUT2D eigenvalue weighted by Crippen LogP contribution is 2.17. The van der Waals surface area contributed by atoms with Crippen LogP contribution in [0.25, 0.3) is 0 Å². The van der Waals surface area contributed by atoms with Crippen LogP contribution < -0.4 is 4.72 Å². The summed E-state index contributed by atoms with van der Waals surface area (Å²) in [4.78, 5) is 2.29. The second-order valence-corrected chi connectivity index (χ2v) is 8.30. The van der Waals surface area contributed by atoms with Gasteiger partial charge in [0.2, 0.25) is 10.0 Å². The molecule has 1 N–H and O–H groups in total. The minimum Gasteiger partial charge on any atom is -0.308 e. The Morgan fingerprint density at radius 2 is 1.95 bits per heavy atom. The summed E-state index contributed by atoms with van der Waals surface area (Å²) < 4.78 is 28.4. The Hall–Kier alpha value is -0.430. The van der Waals surface area contributed by atoms with Crippen LogP contribution in [0.15, 0.2) is 33.6 Å². The first-order chi connectivity index (χ1) is 9.20. The van der Waals surface area contributed by atoms with Gasteiger partial charge in [0.1, 0.15) is 0 Å². The summed E-state index contributed by atoms with van der Waals surface area (Å²) in [7, 11) is 0.410. The van der Waals surface area contributed by atoms with Crippen LogP contribution in [0.1, 0.15) is 20.3 Å². The number of sulfonamides is 1. The highest BCUT2D eigenvalue weighted by Gasteiger charge is 2.21. The van der Waals surface area contributed by atoms with E-state index in [2.05, 4.69) is 34.5 Å². The number of benzene rings is 1. The van der Waals surface area contributed by atoms with E-state index in [1.807, 2.05) is 25.1 Å². The van der Waals surface area contributed by atoms with Crippen molar-refractivity contribution in [3.05, 3.63) is 28.7 Å². The second kappa shape index (κ2) is 7.54. The van der Waals surface area contributed by atoms with Gasteiger partial charge in [-0.3, -0.25) is 0 Å². The van der Waals surface area contributed by atoms with Crippen LogP contribution in [0.4, 0.5) is 0 Å². The van der Waals surface area contributed by atoms with Crippen molar-refractivity contribution >= 4 is 26.0 Å². The first kappa shape index (κ1) is 17.6. The fourth-order valence-electron chi connectivity index (χ4n) is 2.09. The number of nitrogens with one attached hydrogen (secondary N) is 1. The fraction of sp³-hybridized carbons (Fsp3) is 0.571. The molecule has 1 aromatic carbocycles. The molecule has 0 fully saturated rings. The van der Waals surface area contributed by atoms with E-state index in [0.29, 0.717) is 17.4 Å². The molecule has 0 unspecified atom stereocenters. The Balaban J connectivity index is 2.90. The minimum absolute atomic E-state index is 0.0889. The molecule has 0 aliphatic rings. The van der Waals surface area contributed by atoms with E-state index in [9.17, 15) is 8.42 Å². The zero-order chi connectivity index (χ0) is 15.3. The van der Waals surface area contributed by atoms with E-state index in [1.54, 1.807) is 18.2 Å². The van der Waals surface area contributed by atoms with Crippen molar-refractivity contribution in [2.45, 2.75) is 31.2 Å². The van der Waals surface area contributed by atoms with Gasteiger partial charge in [-0.15, -0.1) is 0 Å². The van der Waals surface area contributed by atoms with Crippen molar-refractivity contribution in [3.63, 3.8) is 0 Å². The predicted molar refractivity (Wildman–Crippen MR) is 86.3 cm³/mol. The van der Waals surface area contributed by atoms with Gasteiger partial charge < -0.3 is 4.90 Å². The van der Waals surface area contributed by atoms with Gasteiger partial charge in [0.15, 0.2) is 0 Å². The van der Waals surface area contributed by atoms with Crippen molar-refractivity contribution in [2.24, 2.45) is 5.92 Å². The summed E-state index contributed by atoms with van der Waals surface area (Å²) in [6.45, 7) is 4.87. The Kier molecular flexibility index (Phi) is 6.64. The molecule has 0 radical (unpaired) electrons. The topological polar surface area (TPSA) is 49.4 Å². The van der Waals surface area contributed by atoms with Gasteiger partial charge in [0, 0.05) is 17.1 Å². The van der Waals surface area contributed by atoms with Crippen LogP contribution in [0.3, 0.4) is 0 Å². The van der Waals surface area contributed by atoms with E-state index in [4.69, 9.17) is 0 Å². The molecule has 0 aliphatic heterocycles. The van der Waals surface area contributed by atoms with E-state index >= 15 is 0 Å². The molecule has 0 amide bonds. The van der Waals surface area contributed by atoms with Crippen molar-refractivity contribution in [1.29, 1.82) is 0 Å². The van der Waals surface area contributed by atoms with Crippen molar-refractivity contribution in [1.82, 2.24) is 9.62 Å². The summed E-state index contributed by atoms with van der Waals surface area (Å²) in [5.74, 6) is 0.435. The molecule has 6 heteroatoms. The number of halogens is 1. The van der Waals surface area contributed by atoms with Crippen LogP contribution in [0.5, 0.6) is 0 Å². The maximum atomic E-state index is 12.4. The Bertz CT molecular complexity index is 520. The molecular weight excluding hydrogens is 340 g/mol. The zero-order valence-corrected chi connectivity index (χ0v) is 14.8. The Morgan fingerprint density at radius 3 is 2.45 bits per heavy atom. The van der Waals surface area contributed by atoms with Crippen molar-refractivity contribution in [3.8, 4) is 0 Å². The standard InChI is InChI=1S/C14H23BrN2O2S/c1-11(2)8-13(10-17(3)4)16-20(18,19)14-7-5-6-12(15)9-14/h5-7,9,11,13,16H,8,10H2,1-4H3/t13-/m1/s1. The molecule has 1 aromatic rings. The first-order valence-corrected chi connectivity index (χ1v) is 8.91. The van der Waals surface area contributed by atoms with E-state index in [1.165, 1.54) is 0 Å². The number of nitrogens with zero attached hydrogens (tertiary/aromatic N) is 1. The fourth-order valence-corrected chi connectivity index (χ4v) is 3.93. The molecule has 4 nitrogen and oxygen atoms in total. The van der Waals surface area contributed by atoms with Crippen LogP contribution >= 0.6 is 15.9 Å². The predicted octanol–water partition coefficient (Wildman–Crippen LogP) is 2.70. The van der Waals surface area contributed by atoms with Gasteiger partial charge in [0.05, 0.1) is 4.90 Å². The van der Waals surface area contributed by atoms with Gasteiger partial charge in [-0.1, -0.05) is 35.8 Å². The Morgan fingerprint density at radius 1 is 1.30 bits per heavy atom. The molecule has 0 saturated heterocycles. The molecular formula is C14H23BrN2O2S. The number of rotatable bonds is 7. The summed E-state index contributed by atoms with van der Waals surface area (Å²) in [5, 5.41) is 0. The molecule has 0 saturated carbocycles. The maximum Gasteiger partial charge on any atom is 0.240 e. The SMILES string of the molecule is CC(C)C[C@H](CN(C)C)NS(=O)(=O)c1cccc(Br)c1. The lowest BCUT2D eigenvalue weighted by Gasteiger charge is -2.23. The molecule has 0 aliphatic carbocycles. The summed E-state index contributed by atoms with van der Waals surface area (Å²) >= 11 is 3.30. The average Bonchev–Trinajstić information content (AvgIpc) is 2.26. The Labute approximate surface area is 130 Å². The molecule has 1 rings (SSSR count). The smallest absolute Gasteiger partial charge is 0.240 e. The molecule has 114 valence electrons. The van der Waals surface area contributed by atoms with Gasteiger partial charge in [0.25, 0.3) is 0 Å². The van der Waals surface area contributed by atoms with Gasteiger partial charge in [-0.05, 0) is 44.6 Å². The average molecular weight is 363 g/mol. The van der Waals surface area contributed by atoms with E-state index < -0.39 is 10.0 Å². The third-order valence-corrected chi connectivity index (χ3v) is 4.78. The van der Waals surface area contributed by atoms with Gasteiger partial charge >= 0.3 is 0 Å². The highest BCUT2D eigenvalue weighted by molar-refractivity contribution is 9.10. The van der Waals surface area contributed by atoms with Crippen LogP contribution in [-0.2, 0) is 10.0 Å². The zero-order valence-electron chi connectivity index (χ0n) is 12.4. The number of likely N-dealkylation sites (N-methyl/N-ethyl adjacent to an activating group) is 1. The quantitative estimate of drug-likeness (QED) is 0.810. The van der Waals surface area contributed by atoms with Crippen LogP contribution in [0, 0.1) is 5.92 Å². The first-order valence-electron chi connectivity index (χ1n) is 6.63. The van der Waals surface area contributed by atoms with E-state index in [-0.39, 0.29) is 6.04 Å². The largest absolute Gasteiger partial charge is 0.308 e. The van der Waals surface area contributed by atoms with Crippen LogP contribution in [-0.4, -0.2) is 40.0 Å². The summed E-state index contributed by atoms with van der Waals surface area (Å²) in [6.07, 6.45) is 0.811. The molecule has 0 spiro atoms. The summed E-state index contributed by atoms with van der Waals surface area (Å²) in [6, 6.07) is 6.67. The number of hydrogen-bond acceptors (Lipinski definition) is 3. The highest BCUT2D eigenvalue weighted by atomic mass is 79.9. The lowest BCUT2D eigenvalue weighted by atomic mass is 10.0. The molecule has 0 heterocycles. The molecule has 0 aromatic heterocycles. The minimum atomic E-state index is -3.48. The van der Waals surface area contributed by atoms with Crippen molar-refractivity contribution in [2.75, 3.05) is 20.6 Å². The molecule has 20 heavy (non-hydrogen) atoms. The third kappa shape index (κ3) is 5.91. The van der Waals surface area contributed by atoms with Crippen LogP contribution in [0.2, 0.25) is 0 Å². The monoisotopic (exact) mass is 362 g/mol. The van der Waals surface area contributed by atoms with Crippen molar-refractivity contribution < 1.29 is 8.42 Å². The molecule has 1 atom stereocenters. The lowest BCUT2D eigenvalue weighted by molar-refractivity contribution is 0.329. The van der Waals surface area contributed by atoms with Gasteiger partial charge in [-0.2, -0.15) is 0 Å². The number of hydrogen-bond donors (Lipinski definition) is 1.